The van der Waals surface area contributed by atoms with Crippen LogP contribution in [0.3, 0.4) is 0 Å². The minimum absolute atomic E-state index is 0.232. The van der Waals surface area contributed by atoms with Gasteiger partial charge in [0.15, 0.2) is 0 Å². The van der Waals surface area contributed by atoms with Crippen LogP contribution in [0.5, 0.6) is 11.5 Å². The topological polar surface area (TPSA) is 53.2 Å². The zero-order valence-corrected chi connectivity index (χ0v) is 9.42. The van der Waals surface area contributed by atoms with Gasteiger partial charge in [0.05, 0.1) is 19.6 Å². The summed E-state index contributed by atoms with van der Waals surface area (Å²) in [4.78, 5) is 0. The molecule has 1 aliphatic carbocycles. The van der Waals surface area contributed by atoms with E-state index in [0.717, 1.165) is 42.6 Å². The lowest BCUT2D eigenvalue weighted by Crippen LogP contribution is -2.07. The number of hydrogen-bond acceptors (Lipinski definition) is 3. The lowest BCUT2D eigenvalue weighted by Gasteiger charge is -2.21. The Labute approximate surface area is 95.3 Å². The van der Waals surface area contributed by atoms with Crippen LogP contribution < -0.4 is 4.74 Å². The molecule has 0 unspecified atom stereocenters. The van der Waals surface area contributed by atoms with Gasteiger partial charge in [0.2, 0.25) is 0 Å². The molecule has 0 amide bonds. The number of hydrogen-bond donors (Lipinski definition) is 1. The molecule has 0 atom stereocenters. The third kappa shape index (κ3) is 1.71. The Hall–Kier alpha value is -1.69. The van der Waals surface area contributed by atoms with Crippen molar-refractivity contribution in [3.63, 3.8) is 0 Å². The molecule has 16 heavy (non-hydrogen) atoms. The highest BCUT2D eigenvalue weighted by molar-refractivity contribution is 5.54. The average Bonchev–Trinajstić information content (AvgIpc) is 2.33. The van der Waals surface area contributed by atoms with Crippen LogP contribution in [0.4, 0.5) is 0 Å². The Morgan fingerprint density at radius 3 is 2.69 bits per heavy atom. The molecule has 2 rings (SSSR count). The van der Waals surface area contributed by atoms with Gasteiger partial charge >= 0.3 is 0 Å². The maximum atomic E-state index is 10.1. The van der Waals surface area contributed by atoms with Crippen molar-refractivity contribution in [2.24, 2.45) is 0 Å². The Kier molecular flexibility index (Phi) is 3.00. The van der Waals surface area contributed by atoms with Gasteiger partial charge in [-0.1, -0.05) is 0 Å². The number of phenolic OH excluding ortho intramolecular Hbond substituents is 1. The van der Waals surface area contributed by atoms with Gasteiger partial charge in [-0.15, -0.1) is 0 Å². The van der Waals surface area contributed by atoms with Crippen LogP contribution in [-0.2, 0) is 19.3 Å². The van der Waals surface area contributed by atoms with Crippen LogP contribution in [0.1, 0.15) is 29.5 Å². The second kappa shape index (κ2) is 4.44. The molecule has 1 aliphatic rings. The number of nitrogens with zero attached hydrogens (tertiary/aromatic N) is 1. The molecule has 84 valence electrons. The second-order valence-electron chi connectivity index (χ2n) is 4.09. The first-order valence-corrected chi connectivity index (χ1v) is 5.55. The second-order valence-corrected chi connectivity index (χ2v) is 4.09. The molecule has 0 radical (unpaired) electrons. The number of fused-ring (bicyclic) bond motifs is 1. The number of phenols is 1. The third-order valence-electron chi connectivity index (χ3n) is 3.15. The van der Waals surface area contributed by atoms with E-state index in [0.29, 0.717) is 11.3 Å². The molecule has 1 aromatic rings. The van der Waals surface area contributed by atoms with E-state index in [1.165, 1.54) is 0 Å². The number of aromatic hydroxyl groups is 1. The summed E-state index contributed by atoms with van der Waals surface area (Å²) in [6, 6.07) is 3.86. The number of methoxy groups -OCH3 is 1. The molecule has 1 N–H and O–H groups in total. The lowest BCUT2D eigenvalue weighted by molar-refractivity contribution is 0.399. The summed E-state index contributed by atoms with van der Waals surface area (Å²) in [7, 11) is 1.64. The van der Waals surface area contributed by atoms with Gasteiger partial charge in [-0.25, -0.2) is 0 Å². The van der Waals surface area contributed by atoms with Gasteiger partial charge in [0.25, 0.3) is 0 Å². The molecule has 1 aromatic carbocycles. The first-order chi connectivity index (χ1) is 7.77. The summed E-state index contributed by atoms with van der Waals surface area (Å²) in [6.45, 7) is 0. The van der Waals surface area contributed by atoms with Crippen LogP contribution in [0, 0.1) is 11.3 Å². The Morgan fingerprint density at radius 1 is 1.38 bits per heavy atom. The van der Waals surface area contributed by atoms with Crippen LogP contribution in [0.25, 0.3) is 0 Å². The molecule has 0 aliphatic heterocycles. The summed E-state index contributed by atoms with van der Waals surface area (Å²) >= 11 is 0. The molecule has 0 heterocycles. The lowest BCUT2D eigenvalue weighted by atomic mass is 9.88. The molecule has 0 saturated heterocycles. The fourth-order valence-corrected chi connectivity index (χ4v) is 2.35. The van der Waals surface area contributed by atoms with Crippen LogP contribution in [0.15, 0.2) is 6.07 Å². The maximum absolute atomic E-state index is 10.1. The zero-order chi connectivity index (χ0) is 11.5. The number of benzene rings is 1. The van der Waals surface area contributed by atoms with Gasteiger partial charge in [-0.3, -0.25) is 0 Å². The summed E-state index contributed by atoms with van der Waals surface area (Å²) < 4.78 is 5.33. The minimum Gasteiger partial charge on any atom is -0.507 e. The Morgan fingerprint density at radius 2 is 2.06 bits per heavy atom. The van der Waals surface area contributed by atoms with Gasteiger partial charge in [0.1, 0.15) is 11.5 Å². The predicted octanol–water partition coefficient (Wildman–Crippen LogP) is 2.35. The van der Waals surface area contributed by atoms with Crippen molar-refractivity contribution in [1.82, 2.24) is 0 Å². The van der Waals surface area contributed by atoms with E-state index in [1.54, 1.807) is 13.2 Å². The Bertz CT molecular complexity index is 446. The Balaban J connectivity index is 2.56. The van der Waals surface area contributed by atoms with Gasteiger partial charge in [0, 0.05) is 16.7 Å². The van der Waals surface area contributed by atoms with Crippen molar-refractivity contribution in [2.75, 3.05) is 7.11 Å². The largest absolute Gasteiger partial charge is 0.507 e. The van der Waals surface area contributed by atoms with Crippen LogP contribution in [0.2, 0.25) is 0 Å². The van der Waals surface area contributed by atoms with Crippen molar-refractivity contribution < 1.29 is 9.84 Å². The van der Waals surface area contributed by atoms with Crippen molar-refractivity contribution in [3.8, 4) is 17.6 Å². The zero-order valence-electron chi connectivity index (χ0n) is 9.42. The van der Waals surface area contributed by atoms with E-state index in [4.69, 9.17) is 10.00 Å². The molecule has 3 nitrogen and oxygen atoms in total. The standard InChI is InChI=1S/C13H15NO2/c1-16-12-8-9(6-7-14)13(15)11-5-3-2-4-10(11)12/h8,15H,2-6H2,1H3. The van der Waals surface area contributed by atoms with E-state index in [9.17, 15) is 5.11 Å². The monoisotopic (exact) mass is 217 g/mol. The minimum atomic E-state index is 0.232. The van der Waals surface area contributed by atoms with E-state index in [2.05, 4.69) is 6.07 Å². The quantitative estimate of drug-likeness (QED) is 0.827. The SMILES string of the molecule is COc1cc(CC#N)c(O)c2c1CCCC2. The molecule has 0 saturated carbocycles. The number of nitriles is 1. The average molecular weight is 217 g/mol. The molecular formula is C13H15NO2. The number of ether oxygens (including phenoxy) is 1. The number of rotatable bonds is 2. The molecular weight excluding hydrogens is 202 g/mol. The fraction of sp³-hybridized carbons (Fsp3) is 0.462. The van der Waals surface area contributed by atoms with Crippen molar-refractivity contribution >= 4 is 0 Å². The molecule has 0 spiro atoms. The summed E-state index contributed by atoms with van der Waals surface area (Å²) in [6.07, 6.45) is 4.31. The first kappa shape index (κ1) is 10.8. The normalized spacial score (nSPS) is 14.0. The highest BCUT2D eigenvalue weighted by Crippen LogP contribution is 2.38. The van der Waals surface area contributed by atoms with E-state index < -0.39 is 0 Å². The van der Waals surface area contributed by atoms with Crippen molar-refractivity contribution in [1.29, 1.82) is 5.26 Å². The van der Waals surface area contributed by atoms with Crippen LogP contribution >= 0.6 is 0 Å². The first-order valence-electron chi connectivity index (χ1n) is 5.55. The molecule has 0 fully saturated rings. The summed E-state index contributed by atoms with van der Waals surface area (Å²) in [5.41, 5.74) is 2.78. The maximum Gasteiger partial charge on any atom is 0.123 e. The van der Waals surface area contributed by atoms with Crippen molar-refractivity contribution in [3.05, 3.63) is 22.8 Å². The highest BCUT2D eigenvalue weighted by Gasteiger charge is 2.20. The smallest absolute Gasteiger partial charge is 0.123 e. The van der Waals surface area contributed by atoms with Crippen molar-refractivity contribution in [2.45, 2.75) is 32.1 Å². The predicted molar refractivity (Wildman–Crippen MR) is 60.6 cm³/mol. The highest BCUT2D eigenvalue weighted by atomic mass is 16.5. The molecule has 0 bridgehead atoms. The van der Waals surface area contributed by atoms with E-state index in [1.807, 2.05) is 0 Å². The summed E-state index contributed by atoms with van der Waals surface area (Å²) in [5, 5.41) is 18.8. The van der Waals surface area contributed by atoms with E-state index in [-0.39, 0.29) is 6.42 Å². The molecule has 3 heteroatoms. The van der Waals surface area contributed by atoms with Crippen LogP contribution in [-0.4, -0.2) is 12.2 Å². The van der Waals surface area contributed by atoms with E-state index >= 15 is 0 Å². The molecule has 0 aromatic heterocycles. The summed E-state index contributed by atoms with van der Waals surface area (Å²) in [5.74, 6) is 1.12. The van der Waals surface area contributed by atoms with Gasteiger partial charge in [-0.2, -0.15) is 5.26 Å². The van der Waals surface area contributed by atoms with Gasteiger partial charge < -0.3 is 9.84 Å². The van der Waals surface area contributed by atoms with Gasteiger partial charge in [-0.05, 0) is 31.7 Å². The fourth-order valence-electron chi connectivity index (χ4n) is 2.35. The third-order valence-corrected chi connectivity index (χ3v) is 3.15.